The van der Waals surface area contributed by atoms with Crippen LogP contribution in [0.3, 0.4) is 0 Å². The van der Waals surface area contributed by atoms with Gasteiger partial charge in [-0.1, -0.05) is 6.07 Å². The zero-order valence-electron chi connectivity index (χ0n) is 12.7. The molecule has 4 nitrogen and oxygen atoms in total. The van der Waals surface area contributed by atoms with E-state index in [0.29, 0.717) is 17.0 Å². The van der Waals surface area contributed by atoms with Gasteiger partial charge in [0.2, 0.25) is 0 Å². The van der Waals surface area contributed by atoms with Crippen LogP contribution in [-0.4, -0.2) is 24.0 Å². The molecule has 0 aliphatic carbocycles. The highest BCUT2D eigenvalue weighted by atomic mass is 19.4. The molecule has 2 rings (SSSR count). The second-order valence-electron chi connectivity index (χ2n) is 4.89. The van der Waals surface area contributed by atoms with Crippen LogP contribution in [0.15, 0.2) is 24.4 Å². The normalized spacial score (nSPS) is 13.0. The van der Waals surface area contributed by atoms with Crippen LogP contribution in [0.25, 0.3) is 0 Å². The smallest absolute Gasteiger partial charge is 0.416 e. The Morgan fingerprint density at radius 2 is 1.77 bits per heavy atom. The number of hydrogen-bond donors (Lipinski definition) is 0. The zero-order chi connectivity index (χ0) is 16.5. The van der Waals surface area contributed by atoms with Gasteiger partial charge in [0.05, 0.1) is 32.0 Å². The molecular weight excluding hydrogens is 297 g/mol. The minimum atomic E-state index is -4.40. The van der Waals surface area contributed by atoms with E-state index < -0.39 is 11.7 Å². The van der Waals surface area contributed by atoms with E-state index in [1.54, 1.807) is 17.8 Å². The first kappa shape index (κ1) is 16.2. The molecule has 1 aromatic carbocycles. The first-order valence-electron chi connectivity index (χ1n) is 6.62. The number of rotatable bonds is 4. The molecule has 0 aliphatic heterocycles. The fraction of sp³-hybridized carbons (Fsp3) is 0.400. The third kappa shape index (κ3) is 3.03. The summed E-state index contributed by atoms with van der Waals surface area (Å²) < 4.78 is 50.2. The van der Waals surface area contributed by atoms with Crippen LogP contribution in [0.5, 0.6) is 11.5 Å². The Morgan fingerprint density at radius 3 is 2.27 bits per heavy atom. The van der Waals surface area contributed by atoms with E-state index in [9.17, 15) is 13.2 Å². The van der Waals surface area contributed by atoms with Crippen LogP contribution in [0.1, 0.15) is 29.8 Å². The average Bonchev–Trinajstić information content (AvgIpc) is 2.86. The summed E-state index contributed by atoms with van der Waals surface area (Å²) in [6.07, 6.45) is -2.70. The number of alkyl halides is 3. The first-order valence-corrected chi connectivity index (χ1v) is 6.62. The van der Waals surface area contributed by atoms with Gasteiger partial charge in [-0.3, -0.25) is 4.68 Å². The first-order chi connectivity index (χ1) is 10.3. The van der Waals surface area contributed by atoms with Gasteiger partial charge in [-0.15, -0.1) is 0 Å². The molecule has 0 aliphatic rings. The summed E-state index contributed by atoms with van der Waals surface area (Å²) in [5, 5.41) is 4.32. The fourth-order valence-electron chi connectivity index (χ4n) is 2.24. The number of ether oxygens (including phenoxy) is 2. The number of aromatic nitrogens is 2. The van der Waals surface area contributed by atoms with E-state index in [2.05, 4.69) is 5.10 Å². The highest BCUT2D eigenvalue weighted by molar-refractivity contribution is 5.41. The molecule has 120 valence electrons. The largest absolute Gasteiger partial charge is 0.496 e. The SMILES string of the molecule is COc1cc(C(F)(F)F)ccc1C(C)n1cc(OC)c(C)n1. The molecule has 0 saturated carbocycles. The average molecular weight is 314 g/mol. The van der Waals surface area contributed by atoms with Gasteiger partial charge in [0, 0.05) is 5.56 Å². The molecule has 7 heteroatoms. The Labute approximate surface area is 126 Å². The van der Waals surface area contributed by atoms with Crippen LogP contribution in [0.2, 0.25) is 0 Å². The van der Waals surface area contributed by atoms with Crippen molar-refractivity contribution in [3.8, 4) is 11.5 Å². The summed E-state index contributed by atoms with van der Waals surface area (Å²) in [6.45, 7) is 3.63. The molecule has 22 heavy (non-hydrogen) atoms. The second kappa shape index (κ2) is 5.90. The Morgan fingerprint density at radius 1 is 1.14 bits per heavy atom. The Kier molecular flexibility index (Phi) is 4.35. The van der Waals surface area contributed by atoms with Crippen molar-refractivity contribution in [3.63, 3.8) is 0 Å². The van der Waals surface area contributed by atoms with Gasteiger partial charge >= 0.3 is 6.18 Å². The van der Waals surface area contributed by atoms with Gasteiger partial charge in [0.25, 0.3) is 0 Å². The van der Waals surface area contributed by atoms with Crippen LogP contribution in [-0.2, 0) is 6.18 Å². The van der Waals surface area contributed by atoms with Gasteiger partial charge in [-0.2, -0.15) is 18.3 Å². The van der Waals surface area contributed by atoms with Crippen molar-refractivity contribution < 1.29 is 22.6 Å². The minimum Gasteiger partial charge on any atom is -0.496 e. The molecule has 0 amide bonds. The Balaban J connectivity index is 2.42. The van der Waals surface area contributed by atoms with Crippen LogP contribution in [0.4, 0.5) is 13.2 Å². The number of hydrogen-bond acceptors (Lipinski definition) is 3. The number of nitrogens with zero attached hydrogens (tertiary/aromatic N) is 2. The van der Waals surface area contributed by atoms with Crippen LogP contribution >= 0.6 is 0 Å². The lowest BCUT2D eigenvalue weighted by Crippen LogP contribution is -2.11. The molecule has 1 heterocycles. The van der Waals surface area contributed by atoms with Crippen molar-refractivity contribution in [2.75, 3.05) is 14.2 Å². The predicted octanol–water partition coefficient (Wildman–Crippen LogP) is 3.84. The third-order valence-corrected chi connectivity index (χ3v) is 3.50. The Hall–Kier alpha value is -2.18. The highest BCUT2D eigenvalue weighted by Crippen LogP contribution is 2.36. The summed E-state index contributed by atoms with van der Waals surface area (Å²) >= 11 is 0. The molecule has 0 fully saturated rings. The number of aryl methyl sites for hydroxylation is 1. The minimum absolute atomic E-state index is 0.175. The van der Waals surface area contributed by atoms with E-state index in [0.717, 1.165) is 12.1 Å². The maximum atomic E-state index is 12.8. The molecule has 0 saturated heterocycles. The van der Waals surface area contributed by atoms with E-state index in [4.69, 9.17) is 9.47 Å². The maximum absolute atomic E-state index is 12.8. The molecule has 1 atom stereocenters. The zero-order valence-corrected chi connectivity index (χ0v) is 12.7. The van der Waals surface area contributed by atoms with E-state index in [1.165, 1.54) is 20.3 Å². The molecule has 0 spiro atoms. The van der Waals surface area contributed by atoms with E-state index in [-0.39, 0.29) is 11.8 Å². The quantitative estimate of drug-likeness (QED) is 0.860. The number of methoxy groups -OCH3 is 2. The van der Waals surface area contributed by atoms with E-state index >= 15 is 0 Å². The molecular formula is C15H17F3N2O2. The molecule has 0 radical (unpaired) electrons. The summed E-state index contributed by atoms with van der Waals surface area (Å²) in [6, 6.07) is 3.16. The van der Waals surface area contributed by atoms with Crippen molar-refractivity contribution in [2.24, 2.45) is 0 Å². The van der Waals surface area contributed by atoms with Crippen molar-refractivity contribution in [2.45, 2.75) is 26.1 Å². The van der Waals surface area contributed by atoms with Crippen molar-refractivity contribution in [1.82, 2.24) is 9.78 Å². The molecule has 0 N–H and O–H groups in total. The lowest BCUT2D eigenvalue weighted by atomic mass is 10.0. The summed E-state index contributed by atoms with van der Waals surface area (Å²) in [5.41, 5.74) is 0.579. The maximum Gasteiger partial charge on any atom is 0.416 e. The molecule has 2 aromatic rings. The second-order valence-corrected chi connectivity index (χ2v) is 4.89. The van der Waals surface area contributed by atoms with Crippen LogP contribution < -0.4 is 9.47 Å². The molecule has 1 unspecified atom stereocenters. The van der Waals surface area contributed by atoms with Crippen molar-refractivity contribution >= 4 is 0 Å². The lowest BCUT2D eigenvalue weighted by molar-refractivity contribution is -0.137. The lowest BCUT2D eigenvalue weighted by Gasteiger charge is -2.18. The standard InChI is InChI=1S/C15H17F3N2O2/c1-9-14(22-4)8-20(19-9)10(2)12-6-5-11(15(16,17)18)7-13(12)21-3/h5-8,10H,1-4H3. The Bertz CT molecular complexity index is 665. The number of benzene rings is 1. The molecule has 1 aromatic heterocycles. The van der Waals surface area contributed by atoms with Gasteiger partial charge in [0.15, 0.2) is 5.75 Å². The summed E-state index contributed by atoms with van der Waals surface area (Å²) in [5.74, 6) is 0.798. The predicted molar refractivity (Wildman–Crippen MR) is 75.3 cm³/mol. The number of halogens is 3. The van der Waals surface area contributed by atoms with Gasteiger partial charge in [-0.05, 0) is 26.0 Å². The molecule has 0 bridgehead atoms. The fourth-order valence-corrected chi connectivity index (χ4v) is 2.24. The monoisotopic (exact) mass is 314 g/mol. The summed E-state index contributed by atoms with van der Waals surface area (Å²) in [4.78, 5) is 0. The van der Waals surface area contributed by atoms with Crippen molar-refractivity contribution in [1.29, 1.82) is 0 Å². The third-order valence-electron chi connectivity index (χ3n) is 3.50. The summed E-state index contributed by atoms with van der Waals surface area (Å²) in [7, 11) is 2.89. The topological polar surface area (TPSA) is 36.3 Å². The van der Waals surface area contributed by atoms with Crippen LogP contribution in [0, 0.1) is 6.92 Å². The van der Waals surface area contributed by atoms with Crippen molar-refractivity contribution in [3.05, 3.63) is 41.2 Å². The van der Waals surface area contributed by atoms with Gasteiger partial charge < -0.3 is 9.47 Å². The van der Waals surface area contributed by atoms with E-state index in [1.807, 2.05) is 6.92 Å². The van der Waals surface area contributed by atoms with Gasteiger partial charge in [0.1, 0.15) is 11.4 Å². The highest BCUT2D eigenvalue weighted by Gasteiger charge is 2.31. The van der Waals surface area contributed by atoms with Gasteiger partial charge in [-0.25, -0.2) is 0 Å².